The lowest BCUT2D eigenvalue weighted by atomic mass is 10.2. The molecule has 1 heterocycles. The molecule has 1 fully saturated rings. The maximum atomic E-state index is 13.4. The van der Waals surface area contributed by atoms with Crippen molar-refractivity contribution >= 4 is 12.4 Å². The van der Waals surface area contributed by atoms with Crippen molar-refractivity contribution in [3.05, 3.63) is 29.6 Å². The standard InChI is InChI=1S/C11H10FNO4/c12-9-3-7(5-14)1-2-10(9)16-6-8-4-13-11(15)17-8/h1-3,5,8H,4,6H2,(H,13,15). The van der Waals surface area contributed by atoms with Crippen molar-refractivity contribution in [2.75, 3.05) is 13.2 Å². The largest absolute Gasteiger partial charge is 0.487 e. The highest BCUT2D eigenvalue weighted by molar-refractivity contribution is 5.75. The van der Waals surface area contributed by atoms with Crippen LogP contribution in [0.25, 0.3) is 0 Å². The van der Waals surface area contributed by atoms with Crippen LogP contribution in [0.1, 0.15) is 10.4 Å². The smallest absolute Gasteiger partial charge is 0.407 e. The van der Waals surface area contributed by atoms with Crippen molar-refractivity contribution in [2.24, 2.45) is 0 Å². The minimum Gasteiger partial charge on any atom is -0.487 e. The van der Waals surface area contributed by atoms with E-state index < -0.39 is 18.0 Å². The molecule has 0 saturated carbocycles. The van der Waals surface area contributed by atoms with Crippen LogP contribution < -0.4 is 10.1 Å². The Kier molecular flexibility index (Phi) is 3.22. The van der Waals surface area contributed by atoms with Gasteiger partial charge < -0.3 is 14.8 Å². The van der Waals surface area contributed by atoms with Gasteiger partial charge in [-0.15, -0.1) is 0 Å². The lowest BCUT2D eigenvalue weighted by Gasteiger charge is -2.10. The van der Waals surface area contributed by atoms with E-state index in [2.05, 4.69) is 5.32 Å². The Morgan fingerprint density at radius 2 is 2.41 bits per heavy atom. The highest BCUT2D eigenvalue weighted by Crippen LogP contribution is 2.18. The molecule has 2 rings (SSSR count). The van der Waals surface area contributed by atoms with Gasteiger partial charge in [-0.1, -0.05) is 0 Å². The van der Waals surface area contributed by atoms with Crippen molar-refractivity contribution in [1.82, 2.24) is 5.32 Å². The average molecular weight is 239 g/mol. The van der Waals surface area contributed by atoms with Crippen molar-refractivity contribution in [3.63, 3.8) is 0 Å². The summed E-state index contributed by atoms with van der Waals surface area (Å²) < 4.78 is 23.4. The van der Waals surface area contributed by atoms with E-state index in [9.17, 15) is 14.0 Å². The Morgan fingerprint density at radius 3 is 3.00 bits per heavy atom. The maximum absolute atomic E-state index is 13.4. The normalized spacial score (nSPS) is 18.4. The number of aldehydes is 1. The van der Waals surface area contributed by atoms with E-state index >= 15 is 0 Å². The van der Waals surface area contributed by atoms with E-state index in [0.29, 0.717) is 12.8 Å². The number of cyclic esters (lactones) is 1. The number of rotatable bonds is 4. The molecule has 1 atom stereocenters. The number of hydrogen-bond acceptors (Lipinski definition) is 4. The van der Waals surface area contributed by atoms with Gasteiger partial charge >= 0.3 is 6.09 Å². The fourth-order valence-electron chi connectivity index (χ4n) is 1.42. The zero-order valence-electron chi connectivity index (χ0n) is 8.81. The first-order valence-corrected chi connectivity index (χ1v) is 5.01. The summed E-state index contributed by atoms with van der Waals surface area (Å²) in [6.45, 7) is 0.406. The van der Waals surface area contributed by atoms with Crippen LogP contribution in [0.15, 0.2) is 18.2 Å². The second kappa shape index (κ2) is 4.82. The highest BCUT2D eigenvalue weighted by Gasteiger charge is 2.23. The number of benzene rings is 1. The second-order valence-electron chi connectivity index (χ2n) is 3.53. The molecule has 90 valence electrons. The molecular weight excluding hydrogens is 229 g/mol. The van der Waals surface area contributed by atoms with Crippen LogP contribution in [0.5, 0.6) is 5.75 Å². The molecular formula is C11H10FNO4. The molecule has 5 nitrogen and oxygen atoms in total. The van der Waals surface area contributed by atoms with Gasteiger partial charge in [0.25, 0.3) is 0 Å². The van der Waals surface area contributed by atoms with Crippen LogP contribution in [0.4, 0.5) is 9.18 Å². The van der Waals surface area contributed by atoms with E-state index in [1.807, 2.05) is 0 Å². The van der Waals surface area contributed by atoms with Crippen molar-refractivity contribution in [2.45, 2.75) is 6.10 Å². The number of hydrogen-bond donors (Lipinski definition) is 1. The Morgan fingerprint density at radius 1 is 1.59 bits per heavy atom. The molecule has 17 heavy (non-hydrogen) atoms. The van der Waals surface area contributed by atoms with Gasteiger partial charge in [-0.05, 0) is 18.2 Å². The van der Waals surface area contributed by atoms with E-state index in [0.717, 1.165) is 6.07 Å². The molecule has 1 N–H and O–H groups in total. The van der Waals surface area contributed by atoms with E-state index in [1.165, 1.54) is 12.1 Å². The number of alkyl carbamates (subject to hydrolysis) is 1. The second-order valence-corrected chi connectivity index (χ2v) is 3.53. The summed E-state index contributed by atoms with van der Waals surface area (Å²) in [4.78, 5) is 21.1. The fourth-order valence-corrected chi connectivity index (χ4v) is 1.42. The molecule has 1 aliphatic heterocycles. The van der Waals surface area contributed by atoms with Gasteiger partial charge in [0.1, 0.15) is 12.9 Å². The third-order valence-corrected chi connectivity index (χ3v) is 2.26. The highest BCUT2D eigenvalue weighted by atomic mass is 19.1. The summed E-state index contributed by atoms with van der Waals surface area (Å²) in [6.07, 6.45) is -0.377. The Hall–Kier alpha value is -2.11. The lowest BCUT2D eigenvalue weighted by Crippen LogP contribution is -2.22. The van der Waals surface area contributed by atoms with Gasteiger partial charge in [0.2, 0.25) is 0 Å². The van der Waals surface area contributed by atoms with Crippen molar-refractivity contribution < 1.29 is 23.5 Å². The Balaban J connectivity index is 1.94. The molecule has 1 aromatic carbocycles. The van der Waals surface area contributed by atoms with Gasteiger partial charge in [-0.2, -0.15) is 0 Å². The minimum atomic E-state index is -0.619. The van der Waals surface area contributed by atoms with Gasteiger partial charge in [0, 0.05) is 5.56 Å². The molecule has 0 aromatic heterocycles. The monoisotopic (exact) mass is 239 g/mol. The first-order chi connectivity index (χ1) is 8.19. The van der Waals surface area contributed by atoms with E-state index in [4.69, 9.17) is 9.47 Å². The SMILES string of the molecule is O=Cc1ccc(OCC2CNC(=O)O2)c(F)c1. The topological polar surface area (TPSA) is 64.6 Å². The van der Waals surface area contributed by atoms with Crippen LogP contribution >= 0.6 is 0 Å². The molecule has 0 bridgehead atoms. The van der Waals surface area contributed by atoms with Crippen LogP contribution in [0, 0.1) is 5.82 Å². The Labute approximate surface area is 96.5 Å². The van der Waals surface area contributed by atoms with Crippen LogP contribution in [-0.4, -0.2) is 31.6 Å². The number of nitrogens with one attached hydrogen (secondary N) is 1. The first kappa shape index (κ1) is 11.4. The molecule has 1 aliphatic rings. The third kappa shape index (κ3) is 2.72. The minimum absolute atomic E-state index is 0.0264. The maximum Gasteiger partial charge on any atom is 0.407 e. The predicted octanol–water partition coefficient (Wildman–Crippen LogP) is 1.13. The lowest BCUT2D eigenvalue weighted by molar-refractivity contribution is 0.103. The Bertz CT molecular complexity index is 449. The molecule has 0 spiro atoms. The number of amides is 1. The molecule has 6 heteroatoms. The molecule has 1 saturated heterocycles. The summed E-state index contributed by atoms with van der Waals surface area (Å²) in [7, 11) is 0. The van der Waals surface area contributed by atoms with Crippen LogP contribution in [-0.2, 0) is 4.74 Å². The summed E-state index contributed by atoms with van der Waals surface area (Å²) in [5, 5.41) is 2.46. The molecule has 1 amide bonds. The van der Waals surface area contributed by atoms with Crippen molar-refractivity contribution in [3.8, 4) is 5.75 Å². The number of ether oxygens (including phenoxy) is 2. The summed E-state index contributed by atoms with van der Waals surface area (Å²) in [6, 6.07) is 3.90. The van der Waals surface area contributed by atoms with E-state index in [1.54, 1.807) is 0 Å². The zero-order valence-corrected chi connectivity index (χ0v) is 8.81. The predicted molar refractivity (Wildman–Crippen MR) is 55.6 cm³/mol. The zero-order chi connectivity index (χ0) is 12.3. The van der Waals surface area contributed by atoms with Crippen molar-refractivity contribution in [1.29, 1.82) is 0 Å². The molecule has 1 aromatic rings. The summed E-state index contributed by atoms with van der Waals surface area (Å²) >= 11 is 0. The van der Waals surface area contributed by atoms with Gasteiger partial charge in [0.05, 0.1) is 6.54 Å². The van der Waals surface area contributed by atoms with Gasteiger partial charge in [-0.3, -0.25) is 4.79 Å². The number of carbonyl (C=O) groups is 2. The van der Waals surface area contributed by atoms with Crippen LogP contribution in [0.3, 0.4) is 0 Å². The number of carbonyl (C=O) groups excluding carboxylic acids is 2. The quantitative estimate of drug-likeness (QED) is 0.800. The fraction of sp³-hybridized carbons (Fsp3) is 0.273. The van der Waals surface area contributed by atoms with Gasteiger partial charge in [0.15, 0.2) is 17.7 Å². The number of halogens is 1. The van der Waals surface area contributed by atoms with Crippen LogP contribution in [0.2, 0.25) is 0 Å². The molecule has 0 aliphatic carbocycles. The molecule has 1 unspecified atom stereocenters. The third-order valence-electron chi connectivity index (χ3n) is 2.26. The first-order valence-electron chi connectivity index (χ1n) is 5.01. The average Bonchev–Trinajstić information content (AvgIpc) is 2.73. The summed E-state index contributed by atoms with van der Waals surface area (Å²) in [5.74, 6) is -0.592. The molecule has 0 radical (unpaired) electrons. The van der Waals surface area contributed by atoms with E-state index in [-0.39, 0.29) is 17.9 Å². The summed E-state index contributed by atoms with van der Waals surface area (Å²) in [5.41, 5.74) is 0.240. The van der Waals surface area contributed by atoms with Gasteiger partial charge in [-0.25, -0.2) is 9.18 Å².